The van der Waals surface area contributed by atoms with Gasteiger partial charge in [-0.1, -0.05) is 193 Å². The highest BCUT2D eigenvalue weighted by atomic mass is 31.6. The van der Waals surface area contributed by atoms with E-state index < -0.39 is 15.5 Å². The van der Waals surface area contributed by atoms with E-state index >= 15 is 0 Å². The molecule has 0 fully saturated rings. The summed E-state index contributed by atoms with van der Waals surface area (Å²) in [5.41, 5.74) is 0. The normalized spacial score (nSPS) is 12.5. The first-order valence-corrected chi connectivity index (χ1v) is 24.1. The second-order valence-electron chi connectivity index (χ2n) is 11.4. The monoisotopic (exact) mass is 514 g/mol. The van der Waals surface area contributed by atoms with E-state index in [1.54, 1.807) is 74.8 Å². The maximum Gasteiger partial charge on any atom is 0.0739 e. The van der Waals surface area contributed by atoms with Crippen LogP contribution in [0.2, 0.25) is 36.3 Å². The summed E-state index contributed by atoms with van der Waals surface area (Å²) in [6, 6.07) is 10.2. The molecule has 0 amide bonds. The molecule has 0 aliphatic rings. The molecule has 0 aromatic rings. The summed E-state index contributed by atoms with van der Waals surface area (Å²) >= 11 is 0. The maximum absolute atomic E-state index is 2.42. The minimum Gasteiger partial charge on any atom is -0.143 e. The number of hydrogen-bond donors (Lipinski definition) is 0. The number of rotatable bonds is 26. The highest BCUT2D eigenvalue weighted by molar-refractivity contribution is 8.07. The van der Waals surface area contributed by atoms with Crippen LogP contribution in [0.1, 0.15) is 157 Å². The highest BCUT2D eigenvalue weighted by Gasteiger charge is 2.42. The third-order valence-corrected chi connectivity index (χ3v) is 34.2. The smallest absolute Gasteiger partial charge is 0.0739 e. The second kappa shape index (κ2) is 23.3. The van der Waals surface area contributed by atoms with Gasteiger partial charge in [-0.2, -0.15) is 0 Å². The van der Waals surface area contributed by atoms with Gasteiger partial charge in [0.15, 0.2) is 0 Å². The van der Waals surface area contributed by atoms with E-state index in [0.29, 0.717) is 0 Å². The Labute approximate surface area is 216 Å². The molecule has 0 aliphatic carbocycles. The van der Waals surface area contributed by atoms with Crippen LogP contribution in [0.5, 0.6) is 0 Å². The van der Waals surface area contributed by atoms with E-state index in [1.807, 2.05) is 0 Å². The SMILES string of the molecule is CCCCC[Si](CCCCC)(CCCCC)P[Si](CCCCC)(CCCCC)CCCCC. The summed E-state index contributed by atoms with van der Waals surface area (Å²) in [6.07, 6.45) is 26.8. The van der Waals surface area contributed by atoms with E-state index in [2.05, 4.69) is 41.5 Å². The molecule has 0 spiro atoms. The fourth-order valence-electron chi connectivity index (χ4n) is 5.97. The molecule has 33 heavy (non-hydrogen) atoms. The highest BCUT2D eigenvalue weighted by Crippen LogP contribution is 2.54. The standard InChI is InChI=1S/C30H67PSi2/c1-7-13-19-25-32(26-20-14-8-2,27-21-15-9-3)31-33(28-22-16-10-4,29-23-17-11-5)30-24-18-12-6/h31H,7-30H2,1-6H3. The van der Waals surface area contributed by atoms with Crippen LogP contribution in [0.25, 0.3) is 0 Å². The van der Waals surface area contributed by atoms with Crippen molar-refractivity contribution in [3.05, 3.63) is 0 Å². The molecule has 0 heterocycles. The van der Waals surface area contributed by atoms with Gasteiger partial charge in [0.2, 0.25) is 0 Å². The van der Waals surface area contributed by atoms with Gasteiger partial charge in [-0.05, 0) is 0 Å². The third kappa shape index (κ3) is 17.0. The fourth-order valence-corrected chi connectivity index (χ4v) is 40.6. The predicted octanol–water partition coefficient (Wildman–Crippen LogP) is 12.7. The van der Waals surface area contributed by atoms with Crippen molar-refractivity contribution in [3.63, 3.8) is 0 Å². The minimum atomic E-state index is -1.13. The lowest BCUT2D eigenvalue weighted by Gasteiger charge is -2.43. The van der Waals surface area contributed by atoms with Crippen molar-refractivity contribution in [3.8, 4) is 0 Å². The largest absolute Gasteiger partial charge is 0.143 e. The number of unbranched alkanes of at least 4 members (excludes halogenated alkanes) is 12. The first-order valence-electron chi connectivity index (χ1n) is 15.9. The Kier molecular flexibility index (Phi) is 23.9. The van der Waals surface area contributed by atoms with E-state index in [1.165, 1.54) is 84.7 Å². The Morgan fingerprint density at radius 2 is 0.485 bits per heavy atom. The summed E-state index contributed by atoms with van der Waals surface area (Å²) in [4.78, 5) is 0. The molecule has 200 valence electrons. The second-order valence-corrected chi connectivity index (χ2v) is 29.2. The maximum atomic E-state index is 2.42. The van der Waals surface area contributed by atoms with Gasteiger partial charge >= 0.3 is 0 Å². The summed E-state index contributed by atoms with van der Waals surface area (Å²) < 4.78 is 0. The fraction of sp³-hybridized carbons (Fsp3) is 1.00. The summed E-state index contributed by atoms with van der Waals surface area (Å²) in [6.45, 7) is 14.5. The van der Waals surface area contributed by atoms with Crippen molar-refractivity contribution in [1.82, 2.24) is 0 Å². The lowest BCUT2D eigenvalue weighted by molar-refractivity contribution is 0.720. The van der Waals surface area contributed by atoms with E-state index in [0.717, 1.165) is 0 Å². The molecule has 0 radical (unpaired) electrons. The molecule has 0 rings (SSSR count). The molecule has 0 aliphatic heterocycles. The minimum absolute atomic E-state index is 1.13. The molecule has 0 bridgehead atoms. The average Bonchev–Trinajstić information content (AvgIpc) is 2.80. The predicted molar refractivity (Wildman–Crippen MR) is 166 cm³/mol. The lowest BCUT2D eigenvalue weighted by Crippen LogP contribution is -2.40. The van der Waals surface area contributed by atoms with Crippen LogP contribution < -0.4 is 0 Å². The molecule has 0 N–H and O–H groups in total. The van der Waals surface area contributed by atoms with Gasteiger partial charge in [-0.25, -0.2) is 0 Å². The van der Waals surface area contributed by atoms with E-state index in [4.69, 9.17) is 0 Å². The Morgan fingerprint density at radius 3 is 0.636 bits per heavy atom. The lowest BCUT2D eigenvalue weighted by atomic mass is 10.3. The van der Waals surface area contributed by atoms with Gasteiger partial charge in [-0.3, -0.25) is 0 Å². The Balaban J connectivity index is 5.91. The van der Waals surface area contributed by atoms with Crippen LogP contribution in [0.4, 0.5) is 0 Å². The zero-order valence-corrected chi connectivity index (χ0v) is 27.5. The third-order valence-electron chi connectivity index (χ3n) is 8.08. The summed E-state index contributed by atoms with van der Waals surface area (Å²) in [5.74, 6) is 0. The van der Waals surface area contributed by atoms with Gasteiger partial charge in [0, 0.05) is 0 Å². The summed E-state index contributed by atoms with van der Waals surface area (Å²) in [7, 11) is -0.767. The van der Waals surface area contributed by atoms with Crippen LogP contribution in [-0.2, 0) is 0 Å². The van der Waals surface area contributed by atoms with Crippen molar-refractivity contribution >= 4 is 23.2 Å². The van der Waals surface area contributed by atoms with Crippen LogP contribution in [0, 0.1) is 0 Å². The quantitative estimate of drug-likeness (QED) is 0.0611. The molecule has 0 aromatic heterocycles. The zero-order valence-electron chi connectivity index (χ0n) is 24.5. The molecule has 0 unspecified atom stereocenters. The van der Waals surface area contributed by atoms with Crippen LogP contribution in [-0.4, -0.2) is 15.5 Å². The Bertz CT molecular complexity index is 310. The molecule has 0 saturated carbocycles. The summed E-state index contributed by atoms with van der Waals surface area (Å²) in [5, 5.41) is 0. The van der Waals surface area contributed by atoms with Crippen LogP contribution in [0.3, 0.4) is 0 Å². The van der Waals surface area contributed by atoms with E-state index in [-0.39, 0.29) is 0 Å². The topological polar surface area (TPSA) is 0 Å². The number of hydrogen-bond acceptors (Lipinski definition) is 0. The zero-order chi connectivity index (χ0) is 24.7. The molecular formula is C30H67PSi2. The van der Waals surface area contributed by atoms with Crippen molar-refractivity contribution < 1.29 is 0 Å². The van der Waals surface area contributed by atoms with E-state index in [9.17, 15) is 0 Å². The first kappa shape index (κ1) is 33.9. The molecule has 0 nitrogen and oxygen atoms in total. The Morgan fingerprint density at radius 1 is 0.303 bits per heavy atom. The first-order chi connectivity index (χ1) is 16.1. The van der Waals surface area contributed by atoms with Crippen molar-refractivity contribution in [2.45, 2.75) is 193 Å². The molecule has 0 atom stereocenters. The van der Waals surface area contributed by atoms with Gasteiger partial charge in [-0.15, -0.1) is 7.68 Å². The van der Waals surface area contributed by atoms with Crippen molar-refractivity contribution in [1.29, 1.82) is 0 Å². The average molecular weight is 515 g/mol. The van der Waals surface area contributed by atoms with Crippen molar-refractivity contribution in [2.24, 2.45) is 0 Å². The van der Waals surface area contributed by atoms with Crippen LogP contribution in [0.15, 0.2) is 0 Å². The van der Waals surface area contributed by atoms with Gasteiger partial charge in [0.05, 0.1) is 15.5 Å². The van der Waals surface area contributed by atoms with Crippen molar-refractivity contribution in [2.75, 3.05) is 0 Å². The molecule has 3 heteroatoms. The molecule has 0 aromatic carbocycles. The van der Waals surface area contributed by atoms with Gasteiger partial charge in [0.1, 0.15) is 0 Å². The van der Waals surface area contributed by atoms with Gasteiger partial charge in [0.25, 0.3) is 0 Å². The Hall–Kier alpha value is 0.864. The van der Waals surface area contributed by atoms with Crippen LogP contribution >= 0.6 is 7.68 Å². The molecular weight excluding hydrogens is 447 g/mol. The van der Waals surface area contributed by atoms with Gasteiger partial charge < -0.3 is 0 Å². The molecule has 0 saturated heterocycles.